The minimum absolute atomic E-state index is 0.0292. The van der Waals surface area contributed by atoms with Gasteiger partial charge in [0.2, 0.25) is 0 Å². The number of benzene rings is 3. The van der Waals surface area contributed by atoms with Gasteiger partial charge in [-0.15, -0.1) is 0 Å². The number of fused-ring (bicyclic) bond motifs is 1. The number of para-hydroxylation sites is 1. The third-order valence-electron chi connectivity index (χ3n) is 10.5. The number of likely N-dealkylation sites (tertiary alicyclic amines) is 1. The van der Waals surface area contributed by atoms with Crippen LogP contribution in [0, 0.1) is 0 Å². The SMILES string of the molecule is CCCCOC(=O)c1ccc(N2CCN(C(=O)[C@@H](Cc3cc(Cl)c(N)c(C(F)(F)F)c3)OC(=O)N3CCC(N4CCc5ccccc5NC4=O)CC3)CC2)cc1. The van der Waals surface area contributed by atoms with Gasteiger partial charge in [0.15, 0.2) is 6.10 Å². The summed E-state index contributed by atoms with van der Waals surface area (Å²) in [5.41, 5.74) is 7.00. The topological polar surface area (TPSA) is 138 Å². The number of nitrogen functional groups attached to an aromatic ring is 1. The normalized spacial score (nSPS) is 17.1. The van der Waals surface area contributed by atoms with Crippen LogP contribution in [0.2, 0.25) is 5.02 Å². The number of piperidine rings is 1. The molecule has 56 heavy (non-hydrogen) atoms. The number of hydrogen-bond acceptors (Lipinski definition) is 8. The molecule has 0 radical (unpaired) electrons. The van der Waals surface area contributed by atoms with Crippen molar-refractivity contribution in [1.29, 1.82) is 0 Å². The van der Waals surface area contributed by atoms with E-state index in [1.165, 1.54) is 15.9 Å². The van der Waals surface area contributed by atoms with Crippen molar-refractivity contribution >= 4 is 52.7 Å². The van der Waals surface area contributed by atoms with Crippen LogP contribution in [0.3, 0.4) is 0 Å². The zero-order valence-electron chi connectivity index (χ0n) is 31.2. The lowest BCUT2D eigenvalue weighted by Gasteiger charge is -2.39. The smallest absolute Gasteiger partial charge is 0.418 e. The summed E-state index contributed by atoms with van der Waals surface area (Å²) in [5, 5.41) is 2.65. The number of nitrogens with two attached hydrogens (primary N) is 1. The number of esters is 1. The number of hydrogen-bond donors (Lipinski definition) is 2. The van der Waals surface area contributed by atoms with Gasteiger partial charge in [-0.25, -0.2) is 14.4 Å². The first-order valence-corrected chi connectivity index (χ1v) is 19.3. The first kappa shape index (κ1) is 40.5. The molecule has 3 aromatic rings. The number of halogens is 4. The summed E-state index contributed by atoms with van der Waals surface area (Å²) in [6.45, 7) is 4.71. The second kappa shape index (κ2) is 17.7. The molecule has 16 heteroatoms. The van der Waals surface area contributed by atoms with Crippen LogP contribution in [0.4, 0.5) is 39.8 Å². The second-order valence-electron chi connectivity index (χ2n) is 14.2. The molecule has 0 aromatic heterocycles. The molecule has 3 aliphatic rings. The number of alkyl halides is 3. The van der Waals surface area contributed by atoms with Gasteiger partial charge in [0.1, 0.15) is 0 Å². The molecule has 6 rings (SSSR count). The Kier molecular flexibility index (Phi) is 12.8. The standard InChI is InChI=1S/C40H46ClF3N6O6/c1-2-3-22-55-37(52)28-8-10-29(11-9-28)47-18-20-48(21-19-47)36(51)34(25-26-23-31(40(42,43)44)35(45)32(41)24-26)56-39(54)49-15-13-30(14-16-49)50-17-12-27-6-4-5-7-33(27)46-38(50)53/h4-11,23-24,30,34H,2-3,12-22,25,45H2,1H3,(H,46,53)/t34-/m1/s1. The van der Waals surface area contributed by atoms with E-state index in [0.29, 0.717) is 51.1 Å². The molecule has 2 fully saturated rings. The van der Waals surface area contributed by atoms with Gasteiger partial charge in [0.05, 0.1) is 28.4 Å². The number of nitrogens with zero attached hydrogens (tertiary/aromatic N) is 4. The first-order chi connectivity index (χ1) is 26.8. The molecule has 0 unspecified atom stereocenters. The number of rotatable bonds is 10. The summed E-state index contributed by atoms with van der Waals surface area (Å²) < 4.78 is 52.7. The molecular weight excluding hydrogens is 753 g/mol. The first-order valence-electron chi connectivity index (χ1n) is 18.9. The highest BCUT2D eigenvalue weighted by Crippen LogP contribution is 2.38. The fourth-order valence-corrected chi connectivity index (χ4v) is 7.55. The fourth-order valence-electron chi connectivity index (χ4n) is 7.30. The number of carbonyl (C=O) groups excluding carboxylic acids is 4. The van der Waals surface area contributed by atoms with Gasteiger partial charge in [0.25, 0.3) is 5.91 Å². The molecular formula is C40H46ClF3N6O6. The van der Waals surface area contributed by atoms with Crippen molar-refractivity contribution < 1.29 is 41.8 Å². The maximum absolute atomic E-state index is 14.1. The van der Waals surface area contributed by atoms with Crippen molar-refractivity contribution in [2.24, 2.45) is 0 Å². The van der Waals surface area contributed by atoms with Crippen LogP contribution >= 0.6 is 11.6 Å². The van der Waals surface area contributed by atoms with E-state index in [-0.39, 0.29) is 55.3 Å². The lowest BCUT2D eigenvalue weighted by atomic mass is 10.0. The van der Waals surface area contributed by atoms with Crippen molar-refractivity contribution in [1.82, 2.24) is 14.7 Å². The van der Waals surface area contributed by atoms with Crippen LogP contribution < -0.4 is 16.0 Å². The molecule has 3 heterocycles. The van der Waals surface area contributed by atoms with Crippen molar-refractivity contribution in [3.63, 3.8) is 0 Å². The quantitative estimate of drug-likeness (QED) is 0.129. The minimum Gasteiger partial charge on any atom is -0.462 e. The summed E-state index contributed by atoms with van der Waals surface area (Å²) in [5.74, 6) is -0.952. The highest BCUT2D eigenvalue weighted by molar-refractivity contribution is 6.33. The largest absolute Gasteiger partial charge is 0.462 e. The van der Waals surface area contributed by atoms with Gasteiger partial charge in [-0.3, -0.25) is 4.79 Å². The monoisotopic (exact) mass is 798 g/mol. The summed E-state index contributed by atoms with van der Waals surface area (Å²) in [6.07, 6.45) is -4.08. The van der Waals surface area contributed by atoms with Crippen LogP contribution in [0.5, 0.6) is 0 Å². The Morgan fingerprint density at radius 2 is 1.64 bits per heavy atom. The van der Waals surface area contributed by atoms with E-state index in [4.69, 9.17) is 26.8 Å². The Hall–Kier alpha value is -5.18. The van der Waals surface area contributed by atoms with E-state index in [1.807, 2.05) is 48.2 Å². The number of urea groups is 1. The second-order valence-corrected chi connectivity index (χ2v) is 14.6. The lowest BCUT2D eigenvalue weighted by Crippen LogP contribution is -2.54. The molecule has 0 saturated carbocycles. The number of unbranched alkanes of at least 4 members (excludes halogenated alkanes) is 1. The highest BCUT2D eigenvalue weighted by atomic mass is 35.5. The average Bonchev–Trinajstić information content (AvgIpc) is 3.36. The van der Waals surface area contributed by atoms with Gasteiger partial charge >= 0.3 is 24.3 Å². The molecule has 300 valence electrons. The Balaban J connectivity index is 1.11. The van der Waals surface area contributed by atoms with Gasteiger partial charge < -0.3 is 40.1 Å². The number of ether oxygens (including phenoxy) is 2. The Morgan fingerprint density at radius 1 is 0.946 bits per heavy atom. The van der Waals surface area contributed by atoms with E-state index in [1.54, 1.807) is 17.0 Å². The molecule has 4 amide bonds. The summed E-state index contributed by atoms with van der Waals surface area (Å²) in [4.78, 5) is 60.0. The van der Waals surface area contributed by atoms with E-state index in [0.717, 1.165) is 35.8 Å². The highest BCUT2D eigenvalue weighted by Gasteiger charge is 2.38. The van der Waals surface area contributed by atoms with Crippen molar-refractivity contribution in [2.75, 3.05) is 68.4 Å². The molecule has 0 spiro atoms. The fraction of sp³-hybridized carbons (Fsp3) is 0.450. The summed E-state index contributed by atoms with van der Waals surface area (Å²) in [6, 6.07) is 16.4. The van der Waals surface area contributed by atoms with Gasteiger partial charge in [-0.05, 0) is 79.3 Å². The zero-order valence-corrected chi connectivity index (χ0v) is 31.9. The zero-order chi connectivity index (χ0) is 40.0. The van der Waals surface area contributed by atoms with Crippen LogP contribution in [-0.4, -0.2) is 103 Å². The number of nitrogens with one attached hydrogen (secondary N) is 1. The molecule has 3 N–H and O–H groups in total. The van der Waals surface area contributed by atoms with E-state index < -0.39 is 41.5 Å². The Morgan fingerprint density at radius 3 is 2.32 bits per heavy atom. The maximum atomic E-state index is 14.1. The van der Waals surface area contributed by atoms with Gasteiger partial charge in [-0.2, -0.15) is 13.2 Å². The lowest BCUT2D eigenvalue weighted by molar-refractivity contribution is -0.141. The van der Waals surface area contributed by atoms with Gasteiger partial charge in [-0.1, -0.05) is 43.1 Å². The van der Waals surface area contributed by atoms with Crippen molar-refractivity contribution in [3.8, 4) is 0 Å². The molecule has 1 atom stereocenters. The van der Waals surface area contributed by atoms with E-state index >= 15 is 0 Å². The van der Waals surface area contributed by atoms with Crippen LogP contribution in [-0.2, 0) is 33.3 Å². The minimum atomic E-state index is -4.80. The molecule has 3 aliphatic heterocycles. The van der Waals surface area contributed by atoms with Crippen LogP contribution in [0.1, 0.15) is 59.7 Å². The molecule has 2 saturated heterocycles. The maximum Gasteiger partial charge on any atom is 0.418 e. The van der Waals surface area contributed by atoms with Crippen molar-refractivity contribution in [3.05, 3.63) is 87.9 Å². The third kappa shape index (κ3) is 9.60. The van der Waals surface area contributed by atoms with Crippen molar-refractivity contribution in [2.45, 2.75) is 63.8 Å². The van der Waals surface area contributed by atoms with E-state index in [2.05, 4.69) is 5.32 Å². The number of piperazine rings is 1. The number of amides is 4. The number of carbonyl (C=O) groups is 4. The van der Waals surface area contributed by atoms with E-state index in [9.17, 15) is 32.3 Å². The predicted molar refractivity (Wildman–Crippen MR) is 206 cm³/mol. The molecule has 12 nitrogen and oxygen atoms in total. The molecule has 0 bridgehead atoms. The average molecular weight is 799 g/mol. The third-order valence-corrected chi connectivity index (χ3v) is 10.8. The molecule has 3 aromatic carbocycles. The summed E-state index contributed by atoms with van der Waals surface area (Å²) >= 11 is 6.12. The predicted octanol–water partition coefficient (Wildman–Crippen LogP) is 6.85. The summed E-state index contributed by atoms with van der Waals surface area (Å²) in [7, 11) is 0. The number of anilines is 3. The Bertz CT molecular complexity index is 1900. The van der Waals surface area contributed by atoms with Crippen LogP contribution in [0.25, 0.3) is 0 Å². The van der Waals surface area contributed by atoms with Crippen LogP contribution in [0.15, 0.2) is 60.7 Å². The van der Waals surface area contributed by atoms with Gasteiger partial charge in [0, 0.05) is 69.7 Å². The molecule has 0 aliphatic carbocycles. The Labute approximate surface area is 328 Å².